The van der Waals surface area contributed by atoms with Gasteiger partial charge in [-0.25, -0.2) is 5.01 Å². The number of hydrogen-bond donors (Lipinski definition) is 1. The van der Waals surface area contributed by atoms with Gasteiger partial charge in [-0.05, 0) is 24.0 Å². The van der Waals surface area contributed by atoms with E-state index in [1.807, 2.05) is 29.3 Å². The van der Waals surface area contributed by atoms with Crippen LogP contribution in [0.1, 0.15) is 48.4 Å². The zero-order valence-corrected chi connectivity index (χ0v) is 16.1. The zero-order valence-electron chi connectivity index (χ0n) is 16.1. The molecule has 7 heteroatoms. The maximum atomic E-state index is 12.9. The molecule has 0 saturated carbocycles. The highest BCUT2D eigenvalue weighted by Crippen LogP contribution is 2.29. The number of nitrogens with one attached hydrogen (secondary N) is 1. The number of likely N-dealkylation sites (tertiary alicyclic amines) is 1. The summed E-state index contributed by atoms with van der Waals surface area (Å²) in [5.74, 6) is 0.145. The fraction of sp³-hybridized carbons (Fsp3) is 0.429. The summed E-state index contributed by atoms with van der Waals surface area (Å²) in [4.78, 5) is 26.4. The van der Waals surface area contributed by atoms with E-state index in [1.165, 1.54) is 16.1 Å². The number of amides is 2. The molecule has 2 amide bonds. The van der Waals surface area contributed by atoms with Gasteiger partial charge >= 0.3 is 0 Å². The number of hydrogen-bond acceptors (Lipinski definition) is 4. The van der Waals surface area contributed by atoms with Crippen LogP contribution in [0.2, 0.25) is 0 Å². The first-order valence-electron chi connectivity index (χ1n) is 9.81. The Balaban J connectivity index is 1.48. The van der Waals surface area contributed by atoms with E-state index in [4.69, 9.17) is 0 Å². The van der Waals surface area contributed by atoms with Crippen molar-refractivity contribution < 1.29 is 9.59 Å². The molecule has 0 spiro atoms. The van der Waals surface area contributed by atoms with E-state index in [0.29, 0.717) is 25.1 Å². The van der Waals surface area contributed by atoms with Crippen LogP contribution in [0.5, 0.6) is 0 Å². The number of aromatic amines is 1. The molecular weight excluding hydrogens is 354 g/mol. The zero-order chi connectivity index (χ0) is 19.5. The molecule has 1 aromatic carbocycles. The van der Waals surface area contributed by atoms with Gasteiger partial charge in [0.05, 0.1) is 6.20 Å². The molecule has 2 aliphatic rings. The normalized spacial score (nSPS) is 20.2. The van der Waals surface area contributed by atoms with Crippen molar-refractivity contribution in [3.63, 3.8) is 0 Å². The first kappa shape index (κ1) is 18.4. The predicted octanol–water partition coefficient (Wildman–Crippen LogP) is 2.31. The van der Waals surface area contributed by atoms with Gasteiger partial charge in [-0.15, -0.1) is 0 Å². The molecule has 146 valence electrons. The van der Waals surface area contributed by atoms with Crippen LogP contribution in [0.25, 0.3) is 0 Å². The summed E-state index contributed by atoms with van der Waals surface area (Å²) < 4.78 is 0. The minimum Gasteiger partial charge on any atom is -0.337 e. The third-order valence-corrected chi connectivity index (χ3v) is 5.56. The van der Waals surface area contributed by atoms with Crippen molar-refractivity contribution in [3.8, 4) is 0 Å². The van der Waals surface area contributed by atoms with Crippen molar-refractivity contribution in [3.05, 3.63) is 53.3 Å². The highest BCUT2D eigenvalue weighted by molar-refractivity contribution is 6.39. The molecule has 1 fully saturated rings. The van der Waals surface area contributed by atoms with Crippen molar-refractivity contribution in [2.75, 3.05) is 20.1 Å². The average molecular weight is 379 g/mol. The Morgan fingerprint density at radius 2 is 2.07 bits per heavy atom. The summed E-state index contributed by atoms with van der Waals surface area (Å²) in [6.07, 6.45) is 5.47. The largest absolute Gasteiger partial charge is 0.337 e. The van der Waals surface area contributed by atoms with Crippen molar-refractivity contribution in [1.29, 1.82) is 0 Å². The first-order chi connectivity index (χ1) is 13.6. The molecule has 1 saturated heterocycles. The number of nitrogens with zero attached hydrogens (tertiary/aromatic N) is 4. The summed E-state index contributed by atoms with van der Waals surface area (Å²) >= 11 is 0. The van der Waals surface area contributed by atoms with Crippen molar-refractivity contribution >= 4 is 17.5 Å². The maximum absolute atomic E-state index is 12.9. The molecule has 1 unspecified atom stereocenters. The Morgan fingerprint density at radius 3 is 2.86 bits per heavy atom. The summed E-state index contributed by atoms with van der Waals surface area (Å²) in [5, 5.41) is 12.9. The summed E-state index contributed by atoms with van der Waals surface area (Å²) in [6.45, 7) is 1.38. The van der Waals surface area contributed by atoms with Gasteiger partial charge in [-0.1, -0.05) is 30.3 Å². The van der Waals surface area contributed by atoms with E-state index < -0.39 is 0 Å². The fourth-order valence-electron chi connectivity index (χ4n) is 4.03. The van der Waals surface area contributed by atoms with Crippen LogP contribution in [0, 0.1) is 0 Å². The quantitative estimate of drug-likeness (QED) is 0.885. The number of aromatic nitrogens is 2. The lowest BCUT2D eigenvalue weighted by Crippen LogP contribution is -2.45. The number of hydrazone groups is 1. The molecule has 3 heterocycles. The Labute approximate surface area is 164 Å². The molecule has 4 rings (SSSR count). The highest BCUT2D eigenvalue weighted by Gasteiger charge is 2.31. The van der Waals surface area contributed by atoms with E-state index >= 15 is 0 Å². The average Bonchev–Trinajstić information content (AvgIpc) is 3.18. The molecule has 2 aromatic rings. The molecular formula is C21H25N5O2. The molecule has 7 nitrogen and oxygen atoms in total. The molecule has 0 bridgehead atoms. The Bertz CT molecular complexity index is 889. The van der Waals surface area contributed by atoms with Crippen molar-refractivity contribution in [2.45, 2.75) is 38.0 Å². The van der Waals surface area contributed by atoms with E-state index in [9.17, 15) is 9.59 Å². The van der Waals surface area contributed by atoms with Crippen LogP contribution in [0.3, 0.4) is 0 Å². The lowest BCUT2D eigenvalue weighted by molar-refractivity contribution is -0.130. The lowest BCUT2D eigenvalue weighted by Gasteiger charge is -2.33. The Kier molecular flexibility index (Phi) is 5.23. The smallest absolute Gasteiger partial charge is 0.270 e. The van der Waals surface area contributed by atoms with Crippen LogP contribution in [-0.2, 0) is 16.0 Å². The van der Waals surface area contributed by atoms with Crippen LogP contribution in [0.15, 0.2) is 41.6 Å². The monoisotopic (exact) mass is 379 g/mol. The predicted molar refractivity (Wildman–Crippen MR) is 106 cm³/mol. The Morgan fingerprint density at radius 1 is 1.25 bits per heavy atom. The number of benzene rings is 1. The molecule has 2 aliphatic heterocycles. The Hall–Kier alpha value is -2.96. The van der Waals surface area contributed by atoms with Gasteiger partial charge in [0.25, 0.3) is 5.91 Å². The summed E-state index contributed by atoms with van der Waals surface area (Å²) in [6, 6.07) is 10.3. The van der Waals surface area contributed by atoms with Crippen molar-refractivity contribution in [1.82, 2.24) is 20.1 Å². The second-order valence-electron chi connectivity index (χ2n) is 7.53. The lowest BCUT2D eigenvalue weighted by atomic mass is 9.90. The molecule has 1 N–H and O–H groups in total. The summed E-state index contributed by atoms with van der Waals surface area (Å²) in [5.41, 5.74) is 4.04. The second-order valence-corrected chi connectivity index (χ2v) is 7.53. The van der Waals surface area contributed by atoms with Gasteiger partial charge < -0.3 is 4.90 Å². The minimum atomic E-state index is -0.0480. The van der Waals surface area contributed by atoms with E-state index in [2.05, 4.69) is 27.4 Å². The molecule has 1 atom stereocenters. The molecule has 0 radical (unpaired) electrons. The van der Waals surface area contributed by atoms with Gasteiger partial charge in [0, 0.05) is 51.0 Å². The second kappa shape index (κ2) is 7.96. The van der Waals surface area contributed by atoms with E-state index in [1.54, 1.807) is 7.05 Å². The number of H-pyrrole nitrogens is 1. The third kappa shape index (κ3) is 3.83. The number of piperidine rings is 1. The SMILES string of the molecule is CN1N=C(C(=O)N2CCCC(c3[nH]ncc3Cc3ccccc3)C2)CCC1=O. The fourth-order valence-corrected chi connectivity index (χ4v) is 4.03. The maximum Gasteiger partial charge on any atom is 0.270 e. The van der Waals surface area contributed by atoms with Gasteiger partial charge in [0.2, 0.25) is 5.91 Å². The standard InChI is InChI=1S/C21H25N5O2/c1-25-19(27)10-9-18(24-25)21(28)26-11-5-8-16(14-26)20-17(13-22-23-20)12-15-6-3-2-4-7-15/h2-4,6-7,13,16H,5,8-12,14H2,1H3,(H,22,23). The van der Waals surface area contributed by atoms with Gasteiger partial charge in [0.15, 0.2) is 0 Å². The van der Waals surface area contributed by atoms with Crippen LogP contribution in [0.4, 0.5) is 0 Å². The van der Waals surface area contributed by atoms with Gasteiger partial charge in [-0.2, -0.15) is 10.2 Å². The number of rotatable bonds is 4. The van der Waals surface area contributed by atoms with Gasteiger partial charge in [-0.3, -0.25) is 14.7 Å². The summed E-state index contributed by atoms with van der Waals surface area (Å²) in [7, 11) is 1.61. The topological polar surface area (TPSA) is 81.7 Å². The van der Waals surface area contributed by atoms with Crippen LogP contribution < -0.4 is 0 Å². The van der Waals surface area contributed by atoms with Gasteiger partial charge in [0.1, 0.15) is 5.71 Å². The first-order valence-corrected chi connectivity index (χ1v) is 9.81. The molecule has 28 heavy (non-hydrogen) atoms. The van der Waals surface area contributed by atoms with Crippen molar-refractivity contribution in [2.24, 2.45) is 5.10 Å². The highest BCUT2D eigenvalue weighted by atomic mass is 16.2. The minimum absolute atomic E-state index is 0.0453. The third-order valence-electron chi connectivity index (χ3n) is 5.56. The molecule has 0 aliphatic carbocycles. The van der Waals surface area contributed by atoms with E-state index in [-0.39, 0.29) is 17.7 Å². The van der Waals surface area contributed by atoms with E-state index in [0.717, 1.165) is 31.5 Å². The number of carbonyl (C=O) groups is 2. The van der Waals surface area contributed by atoms with Crippen LogP contribution in [-0.4, -0.2) is 57.8 Å². The molecule has 1 aromatic heterocycles. The van der Waals surface area contributed by atoms with Crippen LogP contribution >= 0.6 is 0 Å². The number of carbonyl (C=O) groups excluding carboxylic acids is 2.